The van der Waals surface area contributed by atoms with Crippen LogP contribution in [0, 0.1) is 0 Å². The van der Waals surface area contributed by atoms with Gasteiger partial charge >= 0.3 is 17.9 Å². The Labute approximate surface area is 397 Å². The van der Waals surface area contributed by atoms with E-state index < -0.39 is 12.1 Å². The molecule has 0 aliphatic heterocycles. The summed E-state index contributed by atoms with van der Waals surface area (Å²) in [4.78, 5) is 37.9. The second kappa shape index (κ2) is 51.7. The molecule has 0 rings (SSSR count). The van der Waals surface area contributed by atoms with Gasteiger partial charge in [-0.1, -0.05) is 217 Å². The molecule has 0 aliphatic rings. The van der Waals surface area contributed by atoms with Gasteiger partial charge in [-0.05, 0) is 96.3 Å². The van der Waals surface area contributed by atoms with Crippen molar-refractivity contribution in [3.8, 4) is 0 Å². The summed E-state index contributed by atoms with van der Waals surface area (Å²) in [6, 6.07) is 0. The van der Waals surface area contributed by atoms with Crippen LogP contribution < -0.4 is 0 Å². The molecule has 0 amide bonds. The Morgan fingerprint density at radius 1 is 0.338 bits per heavy atom. The number of unbranched alkanes of at least 4 members (excludes halogenated alkanes) is 11. The van der Waals surface area contributed by atoms with Crippen LogP contribution in [0.4, 0.5) is 0 Å². The van der Waals surface area contributed by atoms with Gasteiger partial charge in [0.2, 0.25) is 0 Å². The number of carbonyl (C=O) groups excluding carboxylic acids is 3. The van der Waals surface area contributed by atoms with Crippen LogP contribution in [0.3, 0.4) is 0 Å². The first-order valence-electron chi connectivity index (χ1n) is 25.1. The third-order valence-electron chi connectivity index (χ3n) is 9.70. The predicted octanol–water partition coefficient (Wildman–Crippen LogP) is 16.6. The van der Waals surface area contributed by atoms with Gasteiger partial charge in [-0.25, -0.2) is 0 Å². The molecule has 65 heavy (non-hydrogen) atoms. The Bertz CT molecular complexity index is 1540. The second-order valence-electron chi connectivity index (χ2n) is 15.8. The van der Waals surface area contributed by atoms with E-state index in [1.807, 2.05) is 48.6 Å². The minimum atomic E-state index is -0.851. The number of hydrogen-bond donors (Lipinski definition) is 0. The van der Waals surface area contributed by atoms with Crippen LogP contribution in [-0.2, 0) is 28.6 Å². The zero-order chi connectivity index (χ0) is 47.2. The van der Waals surface area contributed by atoms with Crippen LogP contribution >= 0.6 is 0 Å². The molecule has 0 aromatic carbocycles. The lowest BCUT2D eigenvalue weighted by Gasteiger charge is -2.18. The quantitative estimate of drug-likeness (QED) is 0.0200. The van der Waals surface area contributed by atoms with Gasteiger partial charge in [0.05, 0.1) is 0 Å². The summed E-state index contributed by atoms with van der Waals surface area (Å²) in [7, 11) is 0. The molecule has 0 radical (unpaired) electrons. The van der Waals surface area contributed by atoms with E-state index >= 15 is 0 Å². The fourth-order valence-electron chi connectivity index (χ4n) is 5.98. The van der Waals surface area contributed by atoms with Crippen LogP contribution in [0.1, 0.15) is 175 Å². The number of hydrogen-bond acceptors (Lipinski definition) is 6. The zero-order valence-electron chi connectivity index (χ0n) is 40.9. The highest BCUT2D eigenvalue weighted by molar-refractivity contribution is 5.71. The average Bonchev–Trinajstić information content (AvgIpc) is 3.30. The van der Waals surface area contributed by atoms with Gasteiger partial charge < -0.3 is 14.2 Å². The van der Waals surface area contributed by atoms with Gasteiger partial charge in [0.25, 0.3) is 0 Å². The van der Waals surface area contributed by atoms with Crippen LogP contribution in [0.5, 0.6) is 0 Å². The van der Waals surface area contributed by atoms with Gasteiger partial charge in [0.15, 0.2) is 6.10 Å². The van der Waals surface area contributed by atoms with E-state index in [-0.39, 0.29) is 38.0 Å². The molecule has 0 aromatic rings. The van der Waals surface area contributed by atoms with Gasteiger partial charge in [-0.3, -0.25) is 14.4 Å². The summed E-state index contributed by atoms with van der Waals surface area (Å²) in [6.07, 6.45) is 75.2. The molecule has 0 bridgehead atoms. The fraction of sp³-hybridized carbons (Fsp3) is 0.508. The maximum Gasteiger partial charge on any atom is 0.306 e. The van der Waals surface area contributed by atoms with E-state index in [1.165, 1.54) is 19.3 Å². The first kappa shape index (κ1) is 60.0. The smallest absolute Gasteiger partial charge is 0.306 e. The lowest BCUT2D eigenvalue weighted by atomic mass is 10.1. The summed E-state index contributed by atoms with van der Waals surface area (Å²) in [6.45, 7) is 6.19. The third kappa shape index (κ3) is 49.9. The molecule has 6 nitrogen and oxygen atoms in total. The van der Waals surface area contributed by atoms with Crippen molar-refractivity contribution in [2.45, 2.75) is 181 Å². The van der Waals surface area contributed by atoms with Crippen molar-refractivity contribution < 1.29 is 28.6 Å². The van der Waals surface area contributed by atoms with Crippen molar-refractivity contribution in [3.05, 3.63) is 158 Å². The highest BCUT2D eigenvalue weighted by Gasteiger charge is 2.19. The van der Waals surface area contributed by atoms with E-state index in [1.54, 1.807) is 0 Å². The van der Waals surface area contributed by atoms with Crippen molar-refractivity contribution in [1.29, 1.82) is 0 Å². The van der Waals surface area contributed by atoms with Gasteiger partial charge in [0.1, 0.15) is 13.2 Å². The molecule has 6 heteroatoms. The minimum absolute atomic E-state index is 0.141. The van der Waals surface area contributed by atoms with E-state index in [9.17, 15) is 14.4 Å². The fourth-order valence-corrected chi connectivity index (χ4v) is 5.98. The minimum Gasteiger partial charge on any atom is -0.462 e. The normalized spacial score (nSPS) is 13.5. The highest BCUT2D eigenvalue weighted by Crippen LogP contribution is 2.11. The lowest BCUT2D eigenvalue weighted by molar-refractivity contribution is -0.166. The van der Waals surface area contributed by atoms with E-state index in [2.05, 4.69) is 130 Å². The standard InChI is InChI=1S/C59H88O6/c1-4-7-10-13-16-19-22-25-27-29-30-32-34-37-40-43-46-49-52-58(61)64-55-56(54-63-57(60)51-48-45-42-39-36-33-24-21-18-15-12-9-6-3)65-59(62)53-50-47-44-41-38-35-31-28-26-23-20-17-14-11-8-5-2/h8-9,11-12,15-22,24-30,32-33,35-36,38,44,47,56H,4-7,10,13-14,23,31,34,37,39-43,45-46,48-55H2,1-3H3/b11-8-,12-9-,18-15-,19-16-,20-17-,24-21-,25-22-,28-26-,29-27-,32-30-,36-33-,38-35-,47-44-. The first-order valence-corrected chi connectivity index (χ1v) is 25.1. The van der Waals surface area contributed by atoms with Crippen molar-refractivity contribution >= 4 is 17.9 Å². The van der Waals surface area contributed by atoms with E-state index in [0.717, 1.165) is 103 Å². The van der Waals surface area contributed by atoms with Crippen LogP contribution in [-0.4, -0.2) is 37.2 Å². The number of ether oxygens (including phenoxy) is 3. The zero-order valence-corrected chi connectivity index (χ0v) is 40.9. The number of carbonyl (C=O) groups is 3. The van der Waals surface area contributed by atoms with Crippen molar-refractivity contribution in [2.75, 3.05) is 13.2 Å². The molecule has 0 spiro atoms. The summed E-state index contributed by atoms with van der Waals surface area (Å²) in [5, 5.41) is 0. The topological polar surface area (TPSA) is 78.9 Å². The molecule has 1 unspecified atom stereocenters. The molecular weight excluding hydrogens is 805 g/mol. The maximum atomic E-state index is 12.8. The van der Waals surface area contributed by atoms with Gasteiger partial charge in [-0.2, -0.15) is 0 Å². The van der Waals surface area contributed by atoms with Crippen LogP contribution in [0.25, 0.3) is 0 Å². The number of allylic oxidation sites excluding steroid dienone is 26. The summed E-state index contributed by atoms with van der Waals surface area (Å²) in [5.41, 5.74) is 0. The summed E-state index contributed by atoms with van der Waals surface area (Å²) < 4.78 is 16.6. The van der Waals surface area contributed by atoms with Crippen molar-refractivity contribution in [3.63, 3.8) is 0 Å². The van der Waals surface area contributed by atoms with E-state index in [4.69, 9.17) is 14.2 Å². The molecule has 0 saturated carbocycles. The van der Waals surface area contributed by atoms with Crippen molar-refractivity contribution in [2.24, 2.45) is 0 Å². The molecule has 0 saturated heterocycles. The molecule has 0 heterocycles. The molecule has 0 aromatic heterocycles. The third-order valence-corrected chi connectivity index (χ3v) is 9.70. The van der Waals surface area contributed by atoms with Crippen LogP contribution in [0.15, 0.2) is 158 Å². The highest BCUT2D eigenvalue weighted by atomic mass is 16.6. The Hall–Kier alpha value is -4.97. The van der Waals surface area contributed by atoms with Crippen LogP contribution in [0.2, 0.25) is 0 Å². The molecule has 0 aliphatic carbocycles. The summed E-state index contributed by atoms with van der Waals surface area (Å²) in [5.74, 6) is -1.10. The van der Waals surface area contributed by atoms with Gasteiger partial charge in [-0.15, -0.1) is 0 Å². The number of rotatable bonds is 42. The maximum absolute atomic E-state index is 12.8. The largest absolute Gasteiger partial charge is 0.462 e. The molecule has 1 atom stereocenters. The number of esters is 3. The van der Waals surface area contributed by atoms with E-state index in [0.29, 0.717) is 19.3 Å². The summed E-state index contributed by atoms with van der Waals surface area (Å²) >= 11 is 0. The second-order valence-corrected chi connectivity index (χ2v) is 15.8. The Morgan fingerprint density at radius 2 is 0.708 bits per heavy atom. The SMILES string of the molecule is CC\C=C/C=C\C=C/C=C\CCCCCC(=O)OCC(COC(=O)CCCCCCC\C=C/C=C\C=C/C=C\CCCCC)OC(=O)CC/C=C\C/C=C\C/C=C\C/C=C\C/C=C\CC. The Balaban J connectivity index is 4.64. The van der Waals surface area contributed by atoms with Crippen molar-refractivity contribution in [1.82, 2.24) is 0 Å². The first-order chi connectivity index (χ1) is 32.0. The predicted molar refractivity (Wildman–Crippen MR) is 278 cm³/mol. The Kier molecular flexibility index (Phi) is 47.7. The van der Waals surface area contributed by atoms with Gasteiger partial charge in [0, 0.05) is 19.3 Å². The lowest BCUT2D eigenvalue weighted by Crippen LogP contribution is -2.30. The monoisotopic (exact) mass is 893 g/mol. The molecule has 0 fully saturated rings. The molecule has 360 valence electrons. The molecule has 0 N–H and O–H groups in total. The Morgan fingerprint density at radius 3 is 1.17 bits per heavy atom. The average molecular weight is 893 g/mol. The molecular formula is C59H88O6.